The Kier molecular flexibility index (Phi) is 9.84. The molecule has 11 heteroatoms. The van der Waals surface area contributed by atoms with Gasteiger partial charge in [-0.05, 0) is 50.6 Å². The van der Waals surface area contributed by atoms with Crippen LogP contribution in [-0.4, -0.2) is 71.4 Å². The minimum absolute atomic E-state index is 0.232. The Morgan fingerprint density at radius 2 is 1.90 bits per heavy atom. The van der Waals surface area contributed by atoms with Gasteiger partial charge in [0.25, 0.3) is 11.8 Å². The van der Waals surface area contributed by atoms with Crippen molar-refractivity contribution in [3.8, 4) is 22.2 Å². The maximum absolute atomic E-state index is 13.2. The summed E-state index contributed by atoms with van der Waals surface area (Å²) in [6.45, 7) is 2.78. The van der Waals surface area contributed by atoms with Crippen LogP contribution < -0.4 is 14.8 Å². The van der Waals surface area contributed by atoms with Crippen molar-refractivity contribution in [3.05, 3.63) is 78.2 Å². The highest BCUT2D eigenvalue weighted by Crippen LogP contribution is 2.33. The van der Waals surface area contributed by atoms with E-state index in [2.05, 4.69) is 30.4 Å². The fourth-order valence-corrected chi connectivity index (χ4v) is 5.14. The predicted octanol–water partition coefficient (Wildman–Crippen LogP) is 5.12. The van der Waals surface area contributed by atoms with Gasteiger partial charge in [0.05, 0.1) is 12.2 Å². The molecular weight excluding hydrogens is 540 g/mol. The standard InChI is InChI=1S/C30H34N6O4S/c1-36(2)15-10-25(22-6-4-3-5-7-22)40-28-26(39-20-21-11-16-38-17-12-21)18-24(19-32-28)27(37)33-30-35-34-29(41-30)23-8-13-31-14-9-23/h3-9,13-14,18-19,21,25H,10-12,15-17,20H2,1-2H3,(H,33,35,37)/t25-/m0/s1. The first-order valence-corrected chi connectivity index (χ1v) is 14.5. The number of nitrogens with one attached hydrogen (secondary N) is 1. The number of hydrogen-bond donors (Lipinski definition) is 1. The minimum atomic E-state index is -0.357. The number of rotatable bonds is 12. The molecule has 1 aliphatic rings. The highest BCUT2D eigenvalue weighted by atomic mass is 32.1. The second kappa shape index (κ2) is 14.1. The first-order chi connectivity index (χ1) is 20.0. The number of anilines is 1. The second-order valence-corrected chi connectivity index (χ2v) is 11.1. The third-order valence-corrected chi connectivity index (χ3v) is 7.62. The van der Waals surface area contributed by atoms with Gasteiger partial charge in [-0.2, -0.15) is 0 Å². The lowest BCUT2D eigenvalue weighted by atomic mass is 10.0. The monoisotopic (exact) mass is 574 g/mol. The number of hydrogen-bond acceptors (Lipinski definition) is 10. The van der Waals surface area contributed by atoms with Crippen LogP contribution in [0.3, 0.4) is 0 Å². The molecule has 0 bridgehead atoms. The number of benzene rings is 1. The Morgan fingerprint density at radius 1 is 1.12 bits per heavy atom. The molecule has 0 spiro atoms. The van der Waals surface area contributed by atoms with Crippen LogP contribution in [0.5, 0.6) is 11.6 Å². The van der Waals surface area contributed by atoms with Crippen molar-refractivity contribution >= 4 is 22.4 Å². The molecule has 1 aromatic carbocycles. The van der Waals surface area contributed by atoms with E-state index in [0.717, 1.165) is 50.1 Å². The van der Waals surface area contributed by atoms with E-state index in [1.165, 1.54) is 17.5 Å². The van der Waals surface area contributed by atoms with E-state index >= 15 is 0 Å². The van der Waals surface area contributed by atoms with Gasteiger partial charge >= 0.3 is 0 Å². The van der Waals surface area contributed by atoms with Crippen LogP contribution in [0.4, 0.5) is 5.13 Å². The molecule has 41 heavy (non-hydrogen) atoms. The Bertz CT molecular complexity index is 1400. The molecule has 1 fully saturated rings. The molecule has 4 aromatic rings. The van der Waals surface area contributed by atoms with Crippen molar-refractivity contribution in [2.45, 2.75) is 25.4 Å². The third-order valence-electron chi connectivity index (χ3n) is 6.73. The smallest absolute Gasteiger partial charge is 0.259 e. The summed E-state index contributed by atoms with van der Waals surface area (Å²) in [4.78, 5) is 23.9. The van der Waals surface area contributed by atoms with Gasteiger partial charge in [0.2, 0.25) is 5.13 Å². The summed E-state index contributed by atoms with van der Waals surface area (Å²) in [6.07, 6.45) is 7.27. The van der Waals surface area contributed by atoms with E-state index < -0.39 is 0 Å². The number of ether oxygens (including phenoxy) is 3. The average Bonchev–Trinajstić information content (AvgIpc) is 3.48. The van der Waals surface area contributed by atoms with Gasteiger partial charge < -0.3 is 19.1 Å². The van der Waals surface area contributed by atoms with E-state index in [1.54, 1.807) is 18.5 Å². The van der Waals surface area contributed by atoms with Crippen LogP contribution in [0.15, 0.2) is 67.1 Å². The van der Waals surface area contributed by atoms with Crippen molar-refractivity contribution in [1.29, 1.82) is 0 Å². The molecule has 3 aromatic heterocycles. The van der Waals surface area contributed by atoms with Crippen molar-refractivity contribution < 1.29 is 19.0 Å². The number of carbonyl (C=O) groups is 1. The van der Waals surface area contributed by atoms with Crippen LogP contribution in [0.1, 0.15) is 41.3 Å². The van der Waals surface area contributed by atoms with Gasteiger partial charge in [0.1, 0.15) is 11.1 Å². The predicted molar refractivity (Wildman–Crippen MR) is 157 cm³/mol. The van der Waals surface area contributed by atoms with Crippen LogP contribution in [0, 0.1) is 5.92 Å². The third kappa shape index (κ3) is 8.06. The number of pyridine rings is 2. The zero-order chi connectivity index (χ0) is 28.4. The number of nitrogens with zero attached hydrogens (tertiary/aromatic N) is 5. The first-order valence-electron chi connectivity index (χ1n) is 13.7. The van der Waals surface area contributed by atoms with Crippen LogP contribution in [-0.2, 0) is 4.74 Å². The van der Waals surface area contributed by atoms with Crippen molar-refractivity contribution in [2.24, 2.45) is 5.92 Å². The zero-order valence-electron chi connectivity index (χ0n) is 23.2. The molecule has 0 aliphatic carbocycles. The lowest BCUT2D eigenvalue weighted by Gasteiger charge is -2.24. The molecule has 0 radical (unpaired) electrons. The van der Waals surface area contributed by atoms with E-state index in [9.17, 15) is 4.79 Å². The minimum Gasteiger partial charge on any atom is -0.488 e. The summed E-state index contributed by atoms with van der Waals surface area (Å²) in [5.41, 5.74) is 2.27. The molecule has 0 saturated carbocycles. The molecule has 5 rings (SSSR count). The highest BCUT2D eigenvalue weighted by Gasteiger charge is 2.22. The van der Waals surface area contributed by atoms with Gasteiger partial charge in [-0.25, -0.2) is 4.98 Å². The lowest BCUT2D eigenvalue weighted by molar-refractivity contribution is 0.0486. The SMILES string of the molecule is CN(C)CC[C@H](Oc1ncc(C(=O)Nc2nnc(-c3ccncc3)s2)cc1OCC1CCOCC1)c1ccccc1. The summed E-state index contributed by atoms with van der Waals surface area (Å²) >= 11 is 1.29. The molecule has 4 heterocycles. The Morgan fingerprint density at radius 3 is 2.66 bits per heavy atom. The van der Waals surface area contributed by atoms with Crippen molar-refractivity contribution in [2.75, 3.05) is 45.8 Å². The summed E-state index contributed by atoms with van der Waals surface area (Å²) in [5, 5.41) is 12.2. The van der Waals surface area contributed by atoms with Crippen LogP contribution in [0.25, 0.3) is 10.6 Å². The van der Waals surface area contributed by atoms with Gasteiger partial charge in [0.15, 0.2) is 5.75 Å². The quantitative estimate of drug-likeness (QED) is 0.246. The lowest BCUT2D eigenvalue weighted by Crippen LogP contribution is -2.22. The van der Waals surface area contributed by atoms with Gasteiger partial charge in [-0.3, -0.25) is 15.1 Å². The molecule has 0 unspecified atom stereocenters. The van der Waals surface area contributed by atoms with Crippen molar-refractivity contribution in [1.82, 2.24) is 25.1 Å². The van der Waals surface area contributed by atoms with E-state index in [0.29, 0.717) is 39.9 Å². The molecule has 1 amide bonds. The average molecular weight is 575 g/mol. The van der Waals surface area contributed by atoms with Gasteiger partial charge in [0, 0.05) is 56.4 Å². The molecular formula is C30H34N6O4S. The first kappa shape index (κ1) is 28.6. The zero-order valence-corrected chi connectivity index (χ0v) is 24.0. The maximum atomic E-state index is 13.2. The summed E-state index contributed by atoms with van der Waals surface area (Å²) in [6, 6.07) is 15.5. The van der Waals surface area contributed by atoms with Crippen LogP contribution >= 0.6 is 11.3 Å². The maximum Gasteiger partial charge on any atom is 0.259 e. The fraction of sp³-hybridized carbons (Fsp3) is 0.367. The Hall–Kier alpha value is -3.93. The molecule has 10 nitrogen and oxygen atoms in total. The number of amides is 1. The summed E-state index contributed by atoms with van der Waals surface area (Å²) in [5.74, 6) is 0.798. The summed E-state index contributed by atoms with van der Waals surface area (Å²) < 4.78 is 18.3. The largest absolute Gasteiger partial charge is 0.488 e. The topological polar surface area (TPSA) is 112 Å². The highest BCUT2D eigenvalue weighted by molar-refractivity contribution is 7.18. The Balaban J connectivity index is 1.36. The van der Waals surface area contributed by atoms with Gasteiger partial charge in [-0.1, -0.05) is 41.7 Å². The normalized spacial score (nSPS) is 14.5. The molecule has 1 aliphatic heterocycles. The van der Waals surface area contributed by atoms with Gasteiger partial charge in [-0.15, -0.1) is 10.2 Å². The fourth-order valence-electron chi connectivity index (χ4n) is 4.39. The van der Waals surface area contributed by atoms with E-state index in [-0.39, 0.29) is 12.0 Å². The second-order valence-electron chi connectivity index (χ2n) is 10.1. The van der Waals surface area contributed by atoms with Crippen LogP contribution in [0.2, 0.25) is 0 Å². The number of aromatic nitrogens is 4. The summed E-state index contributed by atoms with van der Waals surface area (Å²) in [7, 11) is 4.07. The van der Waals surface area contributed by atoms with Crippen molar-refractivity contribution in [3.63, 3.8) is 0 Å². The van der Waals surface area contributed by atoms with E-state index in [1.807, 2.05) is 56.6 Å². The molecule has 1 atom stereocenters. The Labute approximate surface area is 243 Å². The molecule has 1 saturated heterocycles. The number of carbonyl (C=O) groups excluding carboxylic acids is 1. The van der Waals surface area contributed by atoms with E-state index in [4.69, 9.17) is 14.2 Å². The molecule has 1 N–H and O–H groups in total. The molecule has 214 valence electrons.